The number of amides is 1. The Morgan fingerprint density at radius 3 is 2.43 bits per heavy atom. The summed E-state index contributed by atoms with van der Waals surface area (Å²) in [6.07, 6.45) is 1.59. The lowest BCUT2D eigenvalue weighted by Gasteiger charge is -2.35. The van der Waals surface area contributed by atoms with Crippen LogP contribution in [0.1, 0.15) is 41.1 Å². The van der Waals surface area contributed by atoms with Gasteiger partial charge < -0.3 is 10.1 Å². The second kappa shape index (κ2) is 7.60. The van der Waals surface area contributed by atoms with E-state index < -0.39 is 23.8 Å². The number of carbonyl (C=O) groups excluding carboxylic acids is 3. The van der Waals surface area contributed by atoms with Crippen molar-refractivity contribution in [3.8, 4) is 0 Å². The molecule has 1 amide bonds. The van der Waals surface area contributed by atoms with E-state index in [4.69, 9.17) is 16.3 Å². The van der Waals surface area contributed by atoms with Crippen LogP contribution in [0.25, 0.3) is 0 Å². The Labute approximate surface area is 167 Å². The minimum Gasteiger partial charge on any atom is -0.429 e. The average Bonchev–Trinajstić information content (AvgIpc) is 2.70. The molecule has 142 valence electrons. The molecule has 0 aromatic heterocycles. The predicted octanol–water partition coefficient (Wildman–Crippen LogP) is 3.79. The van der Waals surface area contributed by atoms with Crippen molar-refractivity contribution in [3.05, 3.63) is 82.1 Å². The van der Waals surface area contributed by atoms with Crippen LogP contribution in [0.5, 0.6) is 0 Å². The summed E-state index contributed by atoms with van der Waals surface area (Å²) < 4.78 is 5.46. The molecule has 2 aromatic rings. The van der Waals surface area contributed by atoms with Gasteiger partial charge in [0.15, 0.2) is 5.78 Å². The highest BCUT2D eigenvalue weighted by Gasteiger charge is 2.44. The largest absolute Gasteiger partial charge is 0.429 e. The summed E-state index contributed by atoms with van der Waals surface area (Å²) in [6, 6.07) is 14.6. The maximum absolute atomic E-state index is 12.8. The van der Waals surface area contributed by atoms with Gasteiger partial charge in [-0.3, -0.25) is 9.59 Å². The minimum atomic E-state index is -0.991. The lowest BCUT2D eigenvalue weighted by Crippen LogP contribution is -2.50. The highest BCUT2D eigenvalue weighted by molar-refractivity contribution is 6.30. The maximum atomic E-state index is 12.8. The standard InChI is InChI=1S/C22H18ClNO4/c23-15-11-9-13(10-12-15)18-19-16(25)7-4-8-17(19)28-22(27)20(18)24-21(26)14-5-2-1-3-6-14/h1-3,5-6,9-12,18,20H,4,7-8H2,(H,24,26)/t18-,20-/m1/s1. The number of halogens is 1. The fourth-order valence-electron chi connectivity index (χ4n) is 3.76. The molecule has 28 heavy (non-hydrogen) atoms. The van der Waals surface area contributed by atoms with Crippen molar-refractivity contribution in [2.45, 2.75) is 31.2 Å². The summed E-state index contributed by atoms with van der Waals surface area (Å²) in [5, 5.41) is 3.32. The quantitative estimate of drug-likeness (QED) is 0.802. The second-order valence-electron chi connectivity index (χ2n) is 6.88. The summed E-state index contributed by atoms with van der Waals surface area (Å²) >= 11 is 6.01. The summed E-state index contributed by atoms with van der Waals surface area (Å²) in [7, 11) is 0. The Morgan fingerprint density at radius 1 is 1.00 bits per heavy atom. The first-order valence-corrected chi connectivity index (χ1v) is 9.51. The first kappa shape index (κ1) is 18.4. The van der Waals surface area contributed by atoms with E-state index in [0.717, 1.165) is 5.56 Å². The molecule has 0 bridgehead atoms. The van der Waals surface area contributed by atoms with Crippen LogP contribution in [0.15, 0.2) is 65.9 Å². The van der Waals surface area contributed by atoms with Gasteiger partial charge in [0.25, 0.3) is 5.91 Å². The molecule has 1 aliphatic carbocycles. The van der Waals surface area contributed by atoms with E-state index in [1.807, 2.05) is 0 Å². The first-order valence-electron chi connectivity index (χ1n) is 9.14. The number of ketones is 1. The summed E-state index contributed by atoms with van der Waals surface area (Å²) in [6.45, 7) is 0. The van der Waals surface area contributed by atoms with Crippen LogP contribution in [0.2, 0.25) is 5.02 Å². The van der Waals surface area contributed by atoms with Crippen LogP contribution in [-0.2, 0) is 14.3 Å². The molecule has 6 heteroatoms. The maximum Gasteiger partial charge on any atom is 0.334 e. The van der Waals surface area contributed by atoms with E-state index in [9.17, 15) is 14.4 Å². The lowest BCUT2D eigenvalue weighted by atomic mass is 9.77. The predicted molar refractivity (Wildman–Crippen MR) is 104 cm³/mol. The van der Waals surface area contributed by atoms with Crippen molar-refractivity contribution in [2.75, 3.05) is 0 Å². The number of hydrogen-bond acceptors (Lipinski definition) is 4. The summed E-state index contributed by atoms with van der Waals surface area (Å²) in [5.41, 5.74) is 1.65. The molecule has 2 aromatic carbocycles. The van der Waals surface area contributed by atoms with Gasteiger partial charge in [0.2, 0.25) is 0 Å². The fourth-order valence-corrected chi connectivity index (χ4v) is 3.89. The topological polar surface area (TPSA) is 72.5 Å². The van der Waals surface area contributed by atoms with Crippen LogP contribution >= 0.6 is 11.6 Å². The van der Waals surface area contributed by atoms with Crippen molar-refractivity contribution in [2.24, 2.45) is 0 Å². The molecule has 2 atom stereocenters. The third-order valence-corrected chi connectivity index (χ3v) is 5.33. The van der Waals surface area contributed by atoms with Crippen LogP contribution in [0, 0.1) is 0 Å². The average molecular weight is 396 g/mol. The van der Waals surface area contributed by atoms with Gasteiger partial charge in [-0.15, -0.1) is 0 Å². The Kier molecular flexibility index (Phi) is 5.01. The fraction of sp³-hybridized carbons (Fsp3) is 0.227. The van der Waals surface area contributed by atoms with Crippen molar-refractivity contribution in [1.29, 1.82) is 0 Å². The third-order valence-electron chi connectivity index (χ3n) is 5.08. The molecule has 0 unspecified atom stereocenters. The number of benzene rings is 2. The zero-order chi connectivity index (χ0) is 19.7. The molecule has 4 rings (SSSR count). The molecule has 0 saturated carbocycles. The monoisotopic (exact) mass is 395 g/mol. The van der Waals surface area contributed by atoms with E-state index >= 15 is 0 Å². The number of rotatable bonds is 3. The van der Waals surface area contributed by atoms with Crippen LogP contribution in [-0.4, -0.2) is 23.7 Å². The highest BCUT2D eigenvalue weighted by atomic mass is 35.5. The number of hydrogen-bond donors (Lipinski definition) is 1. The molecule has 0 saturated heterocycles. The molecule has 0 fully saturated rings. The van der Waals surface area contributed by atoms with Crippen LogP contribution in [0.4, 0.5) is 0 Å². The molecule has 5 nitrogen and oxygen atoms in total. The number of ether oxygens (including phenoxy) is 1. The summed E-state index contributed by atoms with van der Waals surface area (Å²) in [4.78, 5) is 38.2. The number of nitrogens with one attached hydrogen (secondary N) is 1. The first-order chi connectivity index (χ1) is 13.5. The Morgan fingerprint density at radius 2 is 1.71 bits per heavy atom. The minimum absolute atomic E-state index is 0.0485. The molecule has 0 spiro atoms. The third kappa shape index (κ3) is 3.45. The second-order valence-corrected chi connectivity index (χ2v) is 7.32. The molecular weight excluding hydrogens is 378 g/mol. The number of carbonyl (C=O) groups is 3. The van der Waals surface area contributed by atoms with E-state index in [1.165, 1.54) is 0 Å². The van der Waals surface area contributed by atoms with Gasteiger partial charge in [-0.25, -0.2) is 4.79 Å². The van der Waals surface area contributed by atoms with Crippen molar-refractivity contribution in [1.82, 2.24) is 5.32 Å². The zero-order valence-electron chi connectivity index (χ0n) is 15.0. The Balaban J connectivity index is 1.75. The van der Waals surface area contributed by atoms with Gasteiger partial charge in [-0.2, -0.15) is 0 Å². The normalized spacial score (nSPS) is 21.8. The number of allylic oxidation sites excluding steroid dienone is 1. The van der Waals surface area contributed by atoms with Gasteiger partial charge in [-0.05, 0) is 36.2 Å². The van der Waals surface area contributed by atoms with E-state index in [-0.39, 0.29) is 5.78 Å². The van der Waals surface area contributed by atoms with E-state index in [2.05, 4.69) is 5.32 Å². The highest BCUT2D eigenvalue weighted by Crippen LogP contribution is 2.40. The molecule has 1 aliphatic heterocycles. The SMILES string of the molecule is O=C1CCCC2=C1[C@@H](c1ccc(Cl)cc1)[C@@H](NC(=O)c1ccccc1)C(=O)O2. The van der Waals surface area contributed by atoms with Crippen molar-refractivity contribution < 1.29 is 19.1 Å². The lowest BCUT2D eigenvalue weighted by molar-refractivity contribution is -0.144. The number of Topliss-reactive ketones (excluding diaryl/α,β-unsaturated/α-hetero) is 1. The van der Waals surface area contributed by atoms with Crippen LogP contribution in [0.3, 0.4) is 0 Å². The molecular formula is C22H18ClNO4. The van der Waals surface area contributed by atoms with E-state index in [0.29, 0.717) is 41.2 Å². The Hall–Kier alpha value is -2.92. The molecule has 0 radical (unpaired) electrons. The van der Waals surface area contributed by atoms with Gasteiger partial charge >= 0.3 is 5.97 Å². The van der Waals surface area contributed by atoms with E-state index in [1.54, 1.807) is 54.6 Å². The number of esters is 1. The van der Waals surface area contributed by atoms with Crippen molar-refractivity contribution in [3.63, 3.8) is 0 Å². The van der Waals surface area contributed by atoms with Gasteiger partial charge in [0.05, 0.1) is 0 Å². The Bertz CT molecular complexity index is 966. The summed E-state index contributed by atoms with van der Waals surface area (Å²) in [5.74, 6) is -1.18. The molecule has 2 aliphatic rings. The van der Waals surface area contributed by atoms with Gasteiger partial charge in [-0.1, -0.05) is 41.9 Å². The smallest absolute Gasteiger partial charge is 0.334 e. The van der Waals surface area contributed by atoms with Gasteiger partial charge in [0, 0.05) is 34.9 Å². The molecule has 1 N–H and O–H groups in total. The zero-order valence-corrected chi connectivity index (χ0v) is 15.7. The molecule has 1 heterocycles. The van der Waals surface area contributed by atoms with Crippen LogP contribution < -0.4 is 5.32 Å². The van der Waals surface area contributed by atoms with Crippen molar-refractivity contribution >= 4 is 29.3 Å². The van der Waals surface area contributed by atoms with Gasteiger partial charge in [0.1, 0.15) is 11.8 Å².